The number of carbonyl (C=O) groups excluding carboxylic acids is 1. The first-order valence-electron chi connectivity index (χ1n) is 8.38. The highest BCUT2D eigenvalue weighted by Crippen LogP contribution is 2.36. The lowest BCUT2D eigenvalue weighted by molar-refractivity contribution is 0.102. The molecule has 0 aromatic heterocycles. The van der Waals surface area contributed by atoms with Gasteiger partial charge in [0.05, 0.1) is 15.6 Å². The summed E-state index contributed by atoms with van der Waals surface area (Å²) in [4.78, 5) is 12.7. The number of carbonyl (C=O) groups is 1. The van der Waals surface area contributed by atoms with Gasteiger partial charge in [0, 0.05) is 23.7 Å². The molecule has 132 valence electrons. The fourth-order valence-corrected chi connectivity index (χ4v) is 4.23. The lowest BCUT2D eigenvalue weighted by Gasteiger charge is -2.18. The topological polar surface area (TPSA) is 32.3 Å². The number of hydrogen-bond acceptors (Lipinski definition) is 3. The molecule has 0 saturated carbocycles. The average molecular weight is 395 g/mol. The fraction of sp³-hybridized carbons (Fsp3) is 0.316. The molecule has 0 unspecified atom stereocenters. The molecular weight excluding hydrogens is 375 g/mol. The van der Waals surface area contributed by atoms with Crippen molar-refractivity contribution in [2.45, 2.75) is 26.2 Å². The zero-order valence-corrected chi connectivity index (χ0v) is 16.3. The van der Waals surface area contributed by atoms with E-state index in [2.05, 4.69) is 22.6 Å². The van der Waals surface area contributed by atoms with Crippen molar-refractivity contribution in [3.8, 4) is 0 Å². The molecule has 2 aromatic carbocycles. The maximum atomic E-state index is 12.7. The highest BCUT2D eigenvalue weighted by molar-refractivity contribution is 8.00. The summed E-state index contributed by atoms with van der Waals surface area (Å²) >= 11 is 14.3. The Hall–Kier alpha value is -1.36. The molecule has 1 aliphatic rings. The maximum Gasteiger partial charge on any atom is 0.257 e. The highest BCUT2D eigenvalue weighted by Gasteiger charge is 2.20. The van der Waals surface area contributed by atoms with Crippen molar-refractivity contribution in [1.82, 2.24) is 0 Å². The number of nitrogens with zero attached hydrogens (tertiary/aromatic N) is 1. The number of rotatable bonds is 5. The van der Waals surface area contributed by atoms with Gasteiger partial charge < -0.3 is 9.62 Å². The van der Waals surface area contributed by atoms with Gasteiger partial charge in [-0.1, -0.05) is 48.7 Å². The maximum absolute atomic E-state index is 12.7. The Labute approximate surface area is 162 Å². The Balaban J connectivity index is 1.84. The summed E-state index contributed by atoms with van der Waals surface area (Å²) in [6.07, 6.45) is 3.17. The van der Waals surface area contributed by atoms with Crippen molar-refractivity contribution in [2.75, 3.05) is 21.9 Å². The molecular formula is C19H20Cl2N2OS. The molecule has 25 heavy (non-hydrogen) atoms. The first-order chi connectivity index (χ1) is 12.1. The van der Waals surface area contributed by atoms with Crippen LogP contribution < -0.4 is 9.62 Å². The molecule has 1 heterocycles. The van der Waals surface area contributed by atoms with Crippen molar-refractivity contribution in [3.05, 3.63) is 57.6 Å². The van der Waals surface area contributed by atoms with Gasteiger partial charge in [-0.2, -0.15) is 0 Å². The molecule has 3 rings (SSSR count). The van der Waals surface area contributed by atoms with E-state index in [1.54, 1.807) is 11.9 Å². The van der Waals surface area contributed by atoms with Gasteiger partial charge in [-0.05, 0) is 54.6 Å². The van der Waals surface area contributed by atoms with Crippen molar-refractivity contribution < 1.29 is 4.79 Å². The normalized spacial score (nSPS) is 14.0. The van der Waals surface area contributed by atoms with E-state index in [-0.39, 0.29) is 10.9 Å². The summed E-state index contributed by atoms with van der Waals surface area (Å²) in [6.45, 7) is 3.08. The van der Waals surface area contributed by atoms with Gasteiger partial charge in [0.2, 0.25) is 0 Å². The van der Waals surface area contributed by atoms with E-state index in [1.807, 2.05) is 30.3 Å². The Bertz CT molecular complexity index is 776. The number of aryl methyl sites for hydroxylation is 1. The zero-order chi connectivity index (χ0) is 17.8. The summed E-state index contributed by atoms with van der Waals surface area (Å²) < 4.78 is 2.15. The third kappa shape index (κ3) is 4.43. The number of benzene rings is 2. The van der Waals surface area contributed by atoms with Gasteiger partial charge in [0.15, 0.2) is 0 Å². The minimum Gasteiger partial charge on any atom is -0.322 e. The van der Waals surface area contributed by atoms with E-state index in [0.29, 0.717) is 10.6 Å². The van der Waals surface area contributed by atoms with Crippen LogP contribution in [0.1, 0.15) is 35.7 Å². The van der Waals surface area contributed by atoms with E-state index in [1.165, 1.54) is 5.56 Å². The molecule has 2 aromatic rings. The minimum absolute atomic E-state index is 0.244. The zero-order valence-electron chi connectivity index (χ0n) is 14.0. The molecule has 1 aliphatic heterocycles. The van der Waals surface area contributed by atoms with Gasteiger partial charge >= 0.3 is 0 Å². The quantitative estimate of drug-likeness (QED) is 0.625. The second kappa shape index (κ2) is 8.35. The number of amides is 1. The summed E-state index contributed by atoms with van der Waals surface area (Å²) in [6, 6.07) is 11.5. The highest BCUT2D eigenvalue weighted by atomic mass is 35.5. The molecule has 0 spiro atoms. The largest absolute Gasteiger partial charge is 0.322 e. The van der Waals surface area contributed by atoms with Crippen molar-refractivity contribution in [3.63, 3.8) is 0 Å². The van der Waals surface area contributed by atoms with Crippen LogP contribution in [0.15, 0.2) is 36.4 Å². The minimum atomic E-state index is -0.244. The molecule has 1 N–H and O–H groups in total. The monoisotopic (exact) mass is 394 g/mol. The van der Waals surface area contributed by atoms with Gasteiger partial charge in [0.1, 0.15) is 0 Å². The van der Waals surface area contributed by atoms with Crippen LogP contribution in [0.3, 0.4) is 0 Å². The SMILES string of the molecule is CCCc1cccc(NC(=O)c2cc(N3CCCS3)cc(Cl)c2Cl)c1. The molecule has 1 fully saturated rings. The second-order valence-electron chi connectivity index (χ2n) is 5.98. The van der Waals surface area contributed by atoms with Crippen molar-refractivity contribution in [2.24, 2.45) is 0 Å². The van der Waals surface area contributed by atoms with Crippen LogP contribution in [0.25, 0.3) is 0 Å². The van der Waals surface area contributed by atoms with Crippen LogP contribution in [-0.4, -0.2) is 18.2 Å². The summed E-state index contributed by atoms with van der Waals surface area (Å²) in [5, 5.41) is 3.62. The third-order valence-corrected chi connectivity index (χ3v) is 6.00. The fourth-order valence-electron chi connectivity index (χ4n) is 2.83. The molecule has 1 saturated heterocycles. The lowest BCUT2D eigenvalue weighted by Crippen LogP contribution is -2.15. The average Bonchev–Trinajstić information content (AvgIpc) is 3.12. The Morgan fingerprint density at radius 3 is 2.84 bits per heavy atom. The van der Waals surface area contributed by atoms with Gasteiger partial charge in [0.25, 0.3) is 5.91 Å². The Morgan fingerprint density at radius 2 is 2.12 bits per heavy atom. The molecule has 1 amide bonds. The van der Waals surface area contributed by atoms with Crippen molar-refractivity contribution in [1.29, 1.82) is 0 Å². The summed E-state index contributed by atoms with van der Waals surface area (Å²) in [7, 11) is 0. The Kier molecular flexibility index (Phi) is 6.15. The van der Waals surface area contributed by atoms with E-state index in [0.717, 1.165) is 42.9 Å². The second-order valence-corrected chi connectivity index (χ2v) is 7.87. The lowest BCUT2D eigenvalue weighted by atomic mass is 10.1. The van der Waals surface area contributed by atoms with Crippen LogP contribution >= 0.6 is 35.1 Å². The van der Waals surface area contributed by atoms with Gasteiger partial charge in [-0.15, -0.1) is 0 Å². The van der Waals surface area contributed by atoms with E-state index in [4.69, 9.17) is 23.2 Å². The van der Waals surface area contributed by atoms with Crippen LogP contribution in [0.2, 0.25) is 10.0 Å². The van der Waals surface area contributed by atoms with E-state index < -0.39 is 0 Å². The summed E-state index contributed by atoms with van der Waals surface area (Å²) in [5.74, 6) is 0.831. The molecule has 0 radical (unpaired) electrons. The smallest absolute Gasteiger partial charge is 0.257 e. The number of anilines is 2. The molecule has 6 heteroatoms. The molecule has 3 nitrogen and oxygen atoms in total. The number of hydrogen-bond donors (Lipinski definition) is 1. The van der Waals surface area contributed by atoms with E-state index in [9.17, 15) is 4.79 Å². The molecule has 0 atom stereocenters. The van der Waals surface area contributed by atoms with Crippen LogP contribution in [0, 0.1) is 0 Å². The first kappa shape index (κ1) is 18.4. The third-order valence-electron chi connectivity index (χ3n) is 4.02. The van der Waals surface area contributed by atoms with Crippen LogP contribution in [0.4, 0.5) is 11.4 Å². The van der Waals surface area contributed by atoms with E-state index >= 15 is 0 Å². The number of halogens is 2. The standard InChI is InChI=1S/C19H20Cl2N2OS/c1-2-5-13-6-3-7-14(10-13)22-19(24)16-11-15(12-17(20)18(16)21)23-8-4-9-25-23/h3,6-7,10-12H,2,4-5,8-9H2,1H3,(H,22,24). The van der Waals surface area contributed by atoms with Gasteiger partial charge in [-0.25, -0.2) is 0 Å². The Morgan fingerprint density at radius 1 is 1.28 bits per heavy atom. The van der Waals surface area contributed by atoms with Gasteiger partial charge in [-0.3, -0.25) is 4.79 Å². The number of nitrogens with one attached hydrogen (secondary N) is 1. The summed E-state index contributed by atoms with van der Waals surface area (Å²) in [5.41, 5.74) is 3.29. The predicted octanol–water partition coefficient (Wildman–Crippen LogP) is 6.06. The van der Waals surface area contributed by atoms with Crippen LogP contribution in [0.5, 0.6) is 0 Å². The predicted molar refractivity (Wildman–Crippen MR) is 109 cm³/mol. The molecule has 0 aliphatic carbocycles. The molecule has 0 bridgehead atoms. The first-order valence-corrected chi connectivity index (χ1v) is 10.1. The van der Waals surface area contributed by atoms with Crippen molar-refractivity contribution >= 4 is 52.4 Å². The van der Waals surface area contributed by atoms with Crippen LogP contribution in [-0.2, 0) is 6.42 Å².